The number of hydrogen-bond donors (Lipinski definition) is 1. The van der Waals surface area contributed by atoms with Crippen LogP contribution < -0.4 is 10.5 Å². The summed E-state index contributed by atoms with van der Waals surface area (Å²) in [6, 6.07) is 10.7. The number of ether oxygens (including phenoxy) is 1. The summed E-state index contributed by atoms with van der Waals surface area (Å²) in [5.41, 5.74) is 7.05. The van der Waals surface area contributed by atoms with E-state index in [1.165, 1.54) is 22.1 Å². The average molecular weight is 530 g/mol. The fourth-order valence-electron chi connectivity index (χ4n) is 4.50. The van der Waals surface area contributed by atoms with E-state index in [0.717, 1.165) is 28.3 Å². The second-order valence-electron chi connectivity index (χ2n) is 9.39. The summed E-state index contributed by atoms with van der Waals surface area (Å²) in [6.07, 6.45) is -3.93. The molecule has 0 radical (unpaired) electrons. The van der Waals surface area contributed by atoms with Crippen molar-refractivity contribution >= 4 is 28.1 Å². The number of aromatic nitrogens is 3. The Kier molecular flexibility index (Phi) is 6.45. The second-order valence-corrected chi connectivity index (χ2v) is 10.4. The highest BCUT2D eigenvalue weighted by Gasteiger charge is 2.34. The molecule has 1 saturated heterocycles. The van der Waals surface area contributed by atoms with Crippen LogP contribution in [-0.2, 0) is 6.18 Å². The number of rotatable bonds is 5. The number of halogens is 3. The van der Waals surface area contributed by atoms with E-state index >= 15 is 0 Å². The van der Waals surface area contributed by atoms with Crippen molar-refractivity contribution in [2.75, 3.05) is 20.2 Å². The number of hydrogen-bond acceptors (Lipinski definition) is 6. The first-order valence-electron chi connectivity index (χ1n) is 11.9. The van der Waals surface area contributed by atoms with E-state index in [2.05, 4.69) is 5.10 Å². The minimum Gasteiger partial charge on any atom is -0.497 e. The molecule has 3 heterocycles. The number of methoxy groups -OCH3 is 1. The molecule has 0 aliphatic carbocycles. The van der Waals surface area contributed by atoms with Crippen LogP contribution in [0.5, 0.6) is 5.75 Å². The fraction of sp³-hybridized carbons (Fsp3) is 0.346. The molecule has 7 nitrogen and oxygen atoms in total. The summed E-state index contributed by atoms with van der Waals surface area (Å²) in [7, 11) is 1.59. The summed E-state index contributed by atoms with van der Waals surface area (Å²) in [6.45, 7) is 4.86. The standard InChI is InChI=1S/C26H26F3N5O2S/c1-14(2)23-21(15-5-4-6-18(11-15)36-3)31-25(37-23)34-20-8-7-16(26(27,28)29)12-19(20)22(32-34)24(35)33-10-9-17(30)13-33/h4-8,11-12,14,17H,9-10,13,30H2,1-3H3/t17-/m1/s1. The van der Waals surface area contributed by atoms with E-state index in [0.29, 0.717) is 35.9 Å². The van der Waals surface area contributed by atoms with E-state index in [4.69, 9.17) is 15.5 Å². The van der Waals surface area contributed by atoms with Gasteiger partial charge in [-0.3, -0.25) is 4.79 Å². The van der Waals surface area contributed by atoms with Gasteiger partial charge in [0.05, 0.1) is 23.9 Å². The first kappa shape index (κ1) is 25.2. The molecule has 2 N–H and O–H groups in total. The van der Waals surface area contributed by atoms with Gasteiger partial charge >= 0.3 is 6.18 Å². The lowest BCUT2D eigenvalue weighted by atomic mass is 10.1. The van der Waals surface area contributed by atoms with Crippen LogP contribution in [-0.4, -0.2) is 51.8 Å². The molecule has 4 aromatic rings. The SMILES string of the molecule is COc1cccc(-c2nc(-n3nc(C(=O)N4CC[C@@H](N)C4)c4cc(C(F)(F)F)ccc43)sc2C(C)C)c1. The number of likely N-dealkylation sites (tertiary alicyclic amines) is 1. The molecule has 37 heavy (non-hydrogen) atoms. The van der Waals surface area contributed by atoms with Crippen molar-refractivity contribution in [1.82, 2.24) is 19.7 Å². The smallest absolute Gasteiger partial charge is 0.416 e. The van der Waals surface area contributed by atoms with Gasteiger partial charge in [0.2, 0.25) is 5.13 Å². The van der Waals surface area contributed by atoms with Gasteiger partial charge in [0.1, 0.15) is 5.75 Å². The highest BCUT2D eigenvalue weighted by atomic mass is 32.1. The van der Waals surface area contributed by atoms with Crippen LogP contribution in [0.1, 0.15) is 47.1 Å². The Bertz CT molecular complexity index is 1480. The molecule has 5 rings (SSSR count). The molecule has 0 spiro atoms. The number of amides is 1. The third kappa shape index (κ3) is 4.69. The van der Waals surface area contributed by atoms with E-state index in [1.807, 2.05) is 38.1 Å². The second kappa shape index (κ2) is 9.46. The Morgan fingerprint density at radius 3 is 2.65 bits per heavy atom. The third-order valence-electron chi connectivity index (χ3n) is 6.41. The molecule has 0 saturated carbocycles. The number of nitrogens with two attached hydrogens (primary N) is 1. The van der Waals surface area contributed by atoms with Gasteiger partial charge in [-0.05, 0) is 42.7 Å². The molecule has 0 unspecified atom stereocenters. The highest BCUT2D eigenvalue weighted by Crippen LogP contribution is 2.39. The number of benzene rings is 2. The van der Waals surface area contributed by atoms with Crippen LogP contribution in [0.2, 0.25) is 0 Å². The predicted molar refractivity (Wildman–Crippen MR) is 136 cm³/mol. The zero-order chi connectivity index (χ0) is 26.5. The molecule has 2 aromatic heterocycles. The van der Waals surface area contributed by atoms with E-state index in [1.54, 1.807) is 12.0 Å². The number of nitrogens with zero attached hydrogens (tertiary/aromatic N) is 4. The Labute approximate surface area is 215 Å². The van der Waals surface area contributed by atoms with Crippen LogP contribution in [0.3, 0.4) is 0 Å². The maximum absolute atomic E-state index is 13.6. The number of thiazole rings is 1. The zero-order valence-electron chi connectivity index (χ0n) is 20.5. The Hall–Kier alpha value is -3.44. The predicted octanol–water partition coefficient (Wildman–Crippen LogP) is 5.47. The first-order valence-corrected chi connectivity index (χ1v) is 12.7. The van der Waals surface area contributed by atoms with Crippen LogP contribution in [0.4, 0.5) is 13.2 Å². The van der Waals surface area contributed by atoms with Gasteiger partial charge in [0.25, 0.3) is 5.91 Å². The van der Waals surface area contributed by atoms with Gasteiger partial charge < -0.3 is 15.4 Å². The van der Waals surface area contributed by atoms with E-state index in [9.17, 15) is 18.0 Å². The number of carbonyl (C=O) groups is 1. The minimum atomic E-state index is -4.56. The lowest BCUT2D eigenvalue weighted by Gasteiger charge is -2.14. The highest BCUT2D eigenvalue weighted by molar-refractivity contribution is 7.14. The van der Waals surface area contributed by atoms with Gasteiger partial charge in [0.15, 0.2) is 5.69 Å². The summed E-state index contributed by atoms with van der Waals surface area (Å²) in [5.74, 6) is 0.366. The Morgan fingerprint density at radius 2 is 2.00 bits per heavy atom. The zero-order valence-corrected chi connectivity index (χ0v) is 21.4. The average Bonchev–Trinajstić information content (AvgIpc) is 3.59. The van der Waals surface area contributed by atoms with Gasteiger partial charge in [-0.25, -0.2) is 9.67 Å². The van der Waals surface area contributed by atoms with Crippen molar-refractivity contribution < 1.29 is 22.7 Å². The number of fused-ring (bicyclic) bond motifs is 1. The van der Waals surface area contributed by atoms with Crippen molar-refractivity contribution in [2.24, 2.45) is 5.73 Å². The molecule has 0 bridgehead atoms. The lowest BCUT2D eigenvalue weighted by Crippen LogP contribution is -2.32. The van der Waals surface area contributed by atoms with Crippen LogP contribution in [0.15, 0.2) is 42.5 Å². The molecule has 1 amide bonds. The summed E-state index contributed by atoms with van der Waals surface area (Å²) in [4.78, 5) is 20.7. The van der Waals surface area contributed by atoms with Gasteiger partial charge in [0, 0.05) is 35.0 Å². The Morgan fingerprint density at radius 1 is 1.22 bits per heavy atom. The normalized spacial score (nSPS) is 16.2. The molecular weight excluding hydrogens is 503 g/mol. The summed E-state index contributed by atoms with van der Waals surface area (Å²) in [5, 5.41) is 5.12. The van der Waals surface area contributed by atoms with Gasteiger partial charge in [-0.2, -0.15) is 18.3 Å². The van der Waals surface area contributed by atoms with Crippen LogP contribution in [0, 0.1) is 0 Å². The molecular formula is C26H26F3N5O2S. The maximum atomic E-state index is 13.6. The molecule has 194 valence electrons. The molecule has 11 heteroatoms. The van der Waals surface area contributed by atoms with Crippen molar-refractivity contribution in [3.63, 3.8) is 0 Å². The monoisotopic (exact) mass is 529 g/mol. The number of alkyl halides is 3. The molecule has 1 aliphatic heterocycles. The van der Waals surface area contributed by atoms with Crippen LogP contribution in [0.25, 0.3) is 27.3 Å². The van der Waals surface area contributed by atoms with E-state index < -0.39 is 17.6 Å². The first-order chi connectivity index (χ1) is 17.6. The van der Waals surface area contributed by atoms with Crippen molar-refractivity contribution in [3.8, 4) is 22.1 Å². The summed E-state index contributed by atoms with van der Waals surface area (Å²) >= 11 is 1.39. The lowest BCUT2D eigenvalue weighted by molar-refractivity contribution is -0.137. The van der Waals surface area contributed by atoms with Crippen molar-refractivity contribution in [1.29, 1.82) is 0 Å². The summed E-state index contributed by atoms with van der Waals surface area (Å²) < 4.78 is 47.5. The molecule has 1 aliphatic rings. The Balaban J connectivity index is 1.69. The minimum absolute atomic E-state index is 0.0422. The molecule has 2 aromatic carbocycles. The quantitative estimate of drug-likeness (QED) is 0.370. The van der Waals surface area contributed by atoms with Gasteiger partial charge in [-0.1, -0.05) is 37.3 Å². The topological polar surface area (TPSA) is 86.3 Å². The largest absolute Gasteiger partial charge is 0.497 e. The van der Waals surface area contributed by atoms with Gasteiger partial charge in [-0.15, -0.1) is 0 Å². The number of carbonyl (C=O) groups excluding carboxylic acids is 1. The van der Waals surface area contributed by atoms with Crippen molar-refractivity contribution in [2.45, 2.75) is 38.4 Å². The fourth-order valence-corrected chi connectivity index (χ4v) is 5.55. The van der Waals surface area contributed by atoms with E-state index in [-0.39, 0.29) is 23.0 Å². The maximum Gasteiger partial charge on any atom is 0.416 e. The van der Waals surface area contributed by atoms with Crippen molar-refractivity contribution in [3.05, 3.63) is 58.6 Å². The van der Waals surface area contributed by atoms with Crippen LogP contribution >= 0.6 is 11.3 Å². The third-order valence-corrected chi connectivity index (χ3v) is 7.74. The molecule has 1 fully saturated rings. The molecule has 1 atom stereocenters.